The van der Waals surface area contributed by atoms with E-state index in [1.165, 1.54) is 24.1 Å². The van der Waals surface area contributed by atoms with Gasteiger partial charge in [-0.1, -0.05) is 5.16 Å². The highest BCUT2D eigenvalue weighted by Crippen LogP contribution is 2.42. The lowest BCUT2D eigenvalue weighted by atomic mass is 9.99. The summed E-state index contributed by atoms with van der Waals surface area (Å²) in [4.78, 5) is 13.1. The van der Waals surface area contributed by atoms with Crippen molar-refractivity contribution in [2.45, 2.75) is 46.0 Å². The normalized spacial score (nSPS) is 14.0. The summed E-state index contributed by atoms with van der Waals surface area (Å²) < 4.78 is 13.1. The Morgan fingerprint density at radius 1 is 1.18 bits per heavy atom. The Labute approximate surface area is 191 Å². The Balaban J connectivity index is 1.56. The maximum absolute atomic E-state index is 5.81. The fourth-order valence-corrected chi connectivity index (χ4v) is 4.95. The summed E-state index contributed by atoms with van der Waals surface area (Å²) in [5, 5.41) is 10.9. The van der Waals surface area contributed by atoms with Crippen LogP contribution in [0.1, 0.15) is 53.0 Å². The Morgan fingerprint density at radius 3 is 2.70 bits per heavy atom. The van der Waals surface area contributed by atoms with Crippen molar-refractivity contribution < 1.29 is 9.26 Å². The molecule has 0 spiro atoms. The number of H-pyrrole nitrogens is 1. The Morgan fingerprint density at radius 2 is 2.00 bits per heavy atom. The third-order valence-electron chi connectivity index (χ3n) is 6.52. The summed E-state index contributed by atoms with van der Waals surface area (Å²) in [6, 6.07) is 4.17. The predicted octanol–water partition coefficient (Wildman–Crippen LogP) is 4.90. The molecule has 1 N–H and O–H groups in total. The molecule has 4 aromatic heterocycles. The van der Waals surface area contributed by atoms with Gasteiger partial charge in [0.25, 0.3) is 0 Å². The van der Waals surface area contributed by atoms with E-state index in [1.807, 2.05) is 32.5 Å². The van der Waals surface area contributed by atoms with Gasteiger partial charge in [0.15, 0.2) is 0 Å². The van der Waals surface area contributed by atoms with Gasteiger partial charge in [-0.2, -0.15) is 5.10 Å². The summed E-state index contributed by atoms with van der Waals surface area (Å²) in [6.07, 6.45) is 5.29. The van der Waals surface area contributed by atoms with Crippen LogP contribution in [0.5, 0.6) is 5.75 Å². The highest BCUT2D eigenvalue weighted by Gasteiger charge is 2.29. The van der Waals surface area contributed by atoms with E-state index in [2.05, 4.69) is 28.5 Å². The van der Waals surface area contributed by atoms with E-state index in [0.29, 0.717) is 5.92 Å². The van der Waals surface area contributed by atoms with Crippen LogP contribution in [0.25, 0.3) is 33.1 Å². The second-order valence-corrected chi connectivity index (χ2v) is 9.03. The number of nitrogens with zero attached hydrogens (tertiary/aromatic N) is 5. The second-order valence-electron chi connectivity index (χ2n) is 9.03. The van der Waals surface area contributed by atoms with Crippen molar-refractivity contribution in [2.24, 2.45) is 7.05 Å². The number of nitrogens with one attached hydrogen (secondary N) is 1. The van der Waals surface area contributed by atoms with Crippen LogP contribution in [0, 0.1) is 20.8 Å². The van der Waals surface area contributed by atoms with Crippen LogP contribution in [0.4, 0.5) is 0 Å². The fourth-order valence-electron chi connectivity index (χ4n) is 4.95. The number of benzene rings is 1. The smallest absolute Gasteiger partial charge is 0.142 e. The molecule has 4 heterocycles. The molecule has 5 aromatic rings. The van der Waals surface area contributed by atoms with Crippen LogP contribution < -0.4 is 4.74 Å². The zero-order valence-corrected chi connectivity index (χ0v) is 19.5. The Kier molecular flexibility index (Phi) is 4.33. The number of hydrogen-bond acceptors (Lipinski definition) is 6. The maximum Gasteiger partial charge on any atom is 0.142 e. The molecule has 0 unspecified atom stereocenters. The fraction of sp³-hybridized carbons (Fsp3) is 0.360. The zero-order chi connectivity index (χ0) is 22.9. The molecular weight excluding hydrogens is 416 g/mol. The molecule has 1 aliphatic carbocycles. The largest absolute Gasteiger partial charge is 0.496 e. The summed E-state index contributed by atoms with van der Waals surface area (Å²) in [6.45, 7) is 5.80. The molecule has 1 fully saturated rings. The summed E-state index contributed by atoms with van der Waals surface area (Å²) in [5.41, 5.74) is 8.01. The topological polar surface area (TPSA) is 94.7 Å². The molecule has 0 atom stereocenters. The molecule has 168 valence electrons. The monoisotopic (exact) mass is 442 g/mol. The minimum Gasteiger partial charge on any atom is -0.496 e. The number of hydrogen-bond donors (Lipinski definition) is 1. The van der Waals surface area contributed by atoms with Crippen molar-refractivity contribution in [2.75, 3.05) is 7.11 Å². The van der Waals surface area contributed by atoms with Crippen molar-refractivity contribution in [3.8, 4) is 16.9 Å². The number of aromatic amines is 1. The number of ether oxygens (including phenoxy) is 1. The van der Waals surface area contributed by atoms with E-state index in [4.69, 9.17) is 24.3 Å². The van der Waals surface area contributed by atoms with Gasteiger partial charge in [-0.3, -0.25) is 4.68 Å². The van der Waals surface area contributed by atoms with Crippen LogP contribution in [0.3, 0.4) is 0 Å². The SMILES string of the molecule is COc1cc2c(cc1-c1c(C)noc1C)[nH]c1nc(C)nc(Cc3cn(C)nc3C3CC3)c12. The van der Waals surface area contributed by atoms with Gasteiger partial charge in [0.05, 0.1) is 29.8 Å². The van der Waals surface area contributed by atoms with Gasteiger partial charge in [-0.15, -0.1) is 0 Å². The summed E-state index contributed by atoms with van der Waals surface area (Å²) in [7, 11) is 3.68. The van der Waals surface area contributed by atoms with Gasteiger partial charge < -0.3 is 14.2 Å². The molecule has 8 heteroatoms. The number of aryl methyl sites for hydroxylation is 4. The van der Waals surface area contributed by atoms with Gasteiger partial charge in [-0.05, 0) is 51.3 Å². The van der Waals surface area contributed by atoms with Crippen molar-refractivity contribution in [1.29, 1.82) is 0 Å². The number of fused-ring (bicyclic) bond motifs is 3. The molecule has 1 saturated carbocycles. The van der Waals surface area contributed by atoms with Gasteiger partial charge in [0.1, 0.15) is 23.0 Å². The molecule has 0 bridgehead atoms. The third-order valence-corrected chi connectivity index (χ3v) is 6.52. The van der Waals surface area contributed by atoms with E-state index >= 15 is 0 Å². The van der Waals surface area contributed by atoms with Gasteiger partial charge in [0.2, 0.25) is 0 Å². The van der Waals surface area contributed by atoms with Crippen molar-refractivity contribution in [1.82, 2.24) is 29.9 Å². The minimum atomic E-state index is 0.584. The Bertz CT molecular complexity index is 1520. The van der Waals surface area contributed by atoms with Crippen molar-refractivity contribution in [3.05, 3.63) is 52.6 Å². The molecule has 0 amide bonds. The van der Waals surface area contributed by atoms with Crippen molar-refractivity contribution in [3.63, 3.8) is 0 Å². The summed E-state index contributed by atoms with van der Waals surface area (Å²) >= 11 is 0. The lowest BCUT2D eigenvalue weighted by Crippen LogP contribution is -1.99. The maximum atomic E-state index is 5.81. The van der Waals surface area contributed by atoms with E-state index in [1.54, 1.807) is 7.11 Å². The van der Waals surface area contributed by atoms with E-state index < -0.39 is 0 Å². The first-order valence-electron chi connectivity index (χ1n) is 11.3. The standard InChI is InChI=1S/C25H26N6O2/c1-12-22(13(2)33-30-12)18-9-19-17(10-21(18)32-5)23-20(26-14(3)27-25(23)28-19)8-16-11-31(4)29-24(16)15-6-7-15/h9-11,15H,6-8H2,1-5H3,(H,26,27,28). The van der Waals surface area contributed by atoms with Crippen LogP contribution in [0.2, 0.25) is 0 Å². The van der Waals surface area contributed by atoms with Crippen LogP contribution in [-0.2, 0) is 13.5 Å². The quantitative estimate of drug-likeness (QED) is 0.416. The van der Waals surface area contributed by atoms with Gasteiger partial charge in [0, 0.05) is 47.4 Å². The molecule has 33 heavy (non-hydrogen) atoms. The van der Waals surface area contributed by atoms with E-state index in [9.17, 15) is 0 Å². The molecule has 6 rings (SSSR count). The highest BCUT2D eigenvalue weighted by molar-refractivity contribution is 6.09. The number of rotatable bonds is 5. The highest BCUT2D eigenvalue weighted by atomic mass is 16.5. The van der Waals surface area contributed by atoms with E-state index in [0.717, 1.165) is 68.2 Å². The van der Waals surface area contributed by atoms with Crippen LogP contribution in [-0.4, -0.2) is 37.0 Å². The van der Waals surface area contributed by atoms with Crippen LogP contribution in [0.15, 0.2) is 22.9 Å². The van der Waals surface area contributed by atoms with Crippen molar-refractivity contribution >= 4 is 21.9 Å². The second kappa shape index (κ2) is 7.16. The summed E-state index contributed by atoms with van der Waals surface area (Å²) in [5.74, 6) is 2.87. The molecule has 8 nitrogen and oxygen atoms in total. The number of methoxy groups -OCH3 is 1. The van der Waals surface area contributed by atoms with Crippen LogP contribution >= 0.6 is 0 Å². The zero-order valence-electron chi connectivity index (χ0n) is 19.5. The van der Waals surface area contributed by atoms with Gasteiger partial charge in [-0.25, -0.2) is 9.97 Å². The minimum absolute atomic E-state index is 0.584. The average molecular weight is 443 g/mol. The predicted molar refractivity (Wildman–Crippen MR) is 126 cm³/mol. The third kappa shape index (κ3) is 3.20. The molecule has 0 radical (unpaired) electrons. The van der Waals surface area contributed by atoms with E-state index in [-0.39, 0.29) is 0 Å². The lowest BCUT2D eigenvalue weighted by molar-refractivity contribution is 0.393. The molecule has 1 aliphatic rings. The molecule has 0 saturated heterocycles. The Hall–Kier alpha value is -3.68. The molecular formula is C25H26N6O2. The number of aromatic nitrogens is 6. The molecule has 0 aliphatic heterocycles. The molecule has 1 aromatic carbocycles. The van der Waals surface area contributed by atoms with Gasteiger partial charge >= 0.3 is 0 Å². The first-order valence-corrected chi connectivity index (χ1v) is 11.3. The lowest BCUT2D eigenvalue weighted by Gasteiger charge is -2.09. The first kappa shape index (κ1) is 20.0. The first-order chi connectivity index (χ1) is 15.9. The average Bonchev–Trinajstić information content (AvgIpc) is 3.35.